The second-order valence-electron chi connectivity index (χ2n) is 5.18. The molecule has 0 fully saturated rings. The summed E-state index contributed by atoms with van der Waals surface area (Å²) in [4.78, 5) is 11.4. The lowest BCUT2D eigenvalue weighted by Crippen LogP contribution is -2.49. The third kappa shape index (κ3) is 2.10. The molecule has 1 atom stereocenters. The largest absolute Gasteiger partial charge is 0.481 e. The van der Waals surface area contributed by atoms with Crippen LogP contribution in [0.15, 0.2) is 54.6 Å². The van der Waals surface area contributed by atoms with E-state index >= 15 is 0 Å². The van der Waals surface area contributed by atoms with Gasteiger partial charge in [0.05, 0.1) is 12.0 Å². The molecule has 2 N–H and O–H groups in total. The number of aliphatic carboxylic acids is 1. The third-order valence-corrected chi connectivity index (χ3v) is 3.98. The molecule has 0 amide bonds. The van der Waals surface area contributed by atoms with E-state index < -0.39 is 11.5 Å². The number of carbonyl (C=O) groups is 1. The molecule has 1 aliphatic heterocycles. The maximum atomic E-state index is 11.4. The third-order valence-electron chi connectivity index (χ3n) is 3.98. The Bertz CT molecular complexity index is 624. The van der Waals surface area contributed by atoms with Crippen LogP contribution < -0.4 is 5.32 Å². The molecule has 0 bridgehead atoms. The Labute approximate surface area is 118 Å². The first-order valence-electron chi connectivity index (χ1n) is 6.83. The highest BCUT2D eigenvalue weighted by Gasteiger charge is 2.39. The van der Waals surface area contributed by atoms with Crippen LogP contribution in [0.4, 0.5) is 0 Å². The number of hydrogen-bond donors (Lipinski definition) is 2. The summed E-state index contributed by atoms with van der Waals surface area (Å²) in [5.74, 6) is -0.793. The van der Waals surface area contributed by atoms with Crippen LogP contribution in [0.5, 0.6) is 0 Å². The van der Waals surface area contributed by atoms with Gasteiger partial charge in [0.25, 0.3) is 0 Å². The Balaban J connectivity index is 2.20. The maximum absolute atomic E-state index is 11.4. The maximum Gasteiger partial charge on any atom is 0.305 e. The molecule has 0 saturated carbocycles. The van der Waals surface area contributed by atoms with Crippen molar-refractivity contribution >= 4 is 5.97 Å². The lowest BCUT2D eigenvalue weighted by atomic mass is 9.75. The summed E-state index contributed by atoms with van der Waals surface area (Å²) in [6.07, 6.45) is 0.985. The Morgan fingerprint density at radius 2 is 1.80 bits per heavy atom. The van der Waals surface area contributed by atoms with Gasteiger partial charge in [-0.3, -0.25) is 4.79 Å². The molecule has 0 aliphatic carbocycles. The summed E-state index contributed by atoms with van der Waals surface area (Å²) in [5, 5.41) is 12.8. The number of benzene rings is 2. The second-order valence-corrected chi connectivity index (χ2v) is 5.18. The van der Waals surface area contributed by atoms with Crippen LogP contribution in [0.2, 0.25) is 0 Å². The lowest BCUT2D eigenvalue weighted by molar-refractivity contribution is -0.138. The first-order chi connectivity index (χ1) is 9.72. The number of carboxylic acids is 1. The van der Waals surface area contributed by atoms with Crippen LogP contribution in [-0.2, 0) is 16.8 Å². The molecule has 102 valence electrons. The molecule has 1 heterocycles. The highest BCUT2D eigenvalue weighted by atomic mass is 16.4. The molecule has 3 nitrogen and oxygen atoms in total. The van der Waals surface area contributed by atoms with Crippen molar-refractivity contribution in [2.75, 3.05) is 6.54 Å². The average Bonchev–Trinajstić information content (AvgIpc) is 2.48. The van der Waals surface area contributed by atoms with E-state index in [1.165, 1.54) is 5.56 Å². The molecule has 2 aromatic carbocycles. The average molecular weight is 267 g/mol. The predicted octanol–water partition coefficient (Wildman–Crippen LogP) is 2.55. The number of carboxylic acid groups (broad SMARTS) is 1. The van der Waals surface area contributed by atoms with Gasteiger partial charge in [0.1, 0.15) is 0 Å². The van der Waals surface area contributed by atoms with Crippen LogP contribution in [-0.4, -0.2) is 17.6 Å². The molecule has 20 heavy (non-hydrogen) atoms. The minimum absolute atomic E-state index is 0.0496. The van der Waals surface area contributed by atoms with Crippen molar-refractivity contribution in [1.29, 1.82) is 0 Å². The highest BCUT2D eigenvalue weighted by molar-refractivity contribution is 5.71. The van der Waals surface area contributed by atoms with E-state index in [1.807, 2.05) is 48.5 Å². The highest BCUT2D eigenvalue weighted by Crippen LogP contribution is 2.37. The standard InChI is InChI=1S/C17H17NO2/c19-16(20)12-17(14-7-2-1-3-8-14)15-9-5-4-6-13(15)10-11-18-17/h1-9,18H,10-12H2,(H,19,20)/t17-/m0/s1. The SMILES string of the molecule is O=C(O)C[C@@]1(c2ccccc2)NCCc2ccccc21. The van der Waals surface area contributed by atoms with Gasteiger partial charge in [0, 0.05) is 6.54 Å². The summed E-state index contributed by atoms with van der Waals surface area (Å²) in [7, 11) is 0. The number of rotatable bonds is 3. The zero-order chi connectivity index (χ0) is 14.0. The summed E-state index contributed by atoms with van der Waals surface area (Å²) in [6.45, 7) is 0.791. The van der Waals surface area contributed by atoms with E-state index in [0.717, 1.165) is 24.1 Å². The molecule has 0 spiro atoms. The molecule has 1 aliphatic rings. The molecule has 0 radical (unpaired) electrons. The van der Waals surface area contributed by atoms with Crippen LogP contribution >= 0.6 is 0 Å². The first-order valence-corrected chi connectivity index (χ1v) is 6.83. The van der Waals surface area contributed by atoms with Gasteiger partial charge in [-0.15, -0.1) is 0 Å². The van der Waals surface area contributed by atoms with Gasteiger partial charge in [-0.2, -0.15) is 0 Å². The normalized spacial score (nSPS) is 21.2. The second kappa shape index (κ2) is 5.10. The van der Waals surface area contributed by atoms with Crippen molar-refractivity contribution in [2.24, 2.45) is 0 Å². The van der Waals surface area contributed by atoms with Crippen molar-refractivity contribution < 1.29 is 9.90 Å². The molecule has 3 heteroatoms. The van der Waals surface area contributed by atoms with Gasteiger partial charge in [0.2, 0.25) is 0 Å². The van der Waals surface area contributed by atoms with Crippen LogP contribution in [0.3, 0.4) is 0 Å². The van der Waals surface area contributed by atoms with Gasteiger partial charge in [0.15, 0.2) is 0 Å². The molecular formula is C17H17NO2. The Morgan fingerprint density at radius 3 is 2.55 bits per heavy atom. The Morgan fingerprint density at radius 1 is 1.10 bits per heavy atom. The topological polar surface area (TPSA) is 49.3 Å². The monoisotopic (exact) mass is 267 g/mol. The van der Waals surface area contributed by atoms with E-state index in [2.05, 4.69) is 11.4 Å². The molecule has 3 rings (SSSR count). The van der Waals surface area contributed by atoms with Crippen molar-refractivity contribution in [1.82, 2.24) is 5.32 Å². The smallest absolute Gasteiger partial charge is 0.305 e. The molecule has 2 aromatic rings. The van der Waals surface area contributed by atoms with E-state index in [4.69, 9.17) is 0 Å². The van der Waals surface area contributed by atoms with E-state index in [-0.39, 0.29) is 6.42 Å². The molecular weight excluding hydrogens is 250 g/mol. The van der Waals surface area contributed by atoms with Gasteiger partial charge >= 0.3 is 5.97 Å². The lowest BCUT2D eigenvalue weighted by Gasteiger charge is -2.40. The van der Waals surface area contributed by atoms with Crippen LogP contribution in [0, 0.1) is 0 Å². The van der Waals surface area contributed by atoms with Gasteiger partial charge in [-0.1, -0.05) is 54.6 Å². The molecule has 0 unspecified atom stereocenters. The minimum atomic E-state index is -0.793. The van der Waals surface area contributed by atoms with Crippen molar-refractivity contribution in [3.63, 3.8) is 0 Å². The summed E-state index contributed by atoms with van der Waals surface area (Å²) < 4.78 is 0. The Hall–Kier alpha value is -2.13. The zero-order valence-corrected chi connectivity index (χ0v) is 11.2. The Kier molecular flexibility index (Phi) is 3.28. The van der Waals surface area contributed by atoms with Crippen LogP contribution in [0.25, 0.3) is 0 Å². The fourth-order valence-corrected chi connectivity index (χ4v) is 3.13. The summed E-state index contributed by atoms with van der Waals surface area (Å²) in [6, 6.07) is 18.0. The zero-order valence-electron chi connectivity index (χ0n) is 11.2. The van der Waals surface area contributed by atoms with E-state index in [1.54, 1.807) is 0 Å². The van der Waals surface area contributed by atoms with Gasteiger partial charge in [-0.05, 0) is 23.1 Å². The van der Waals surface area contributed by atoms with Crippen LogP contribution in [0.1, 0.15) is 23.1 Å². The number of fused-ring (bicyclic) bond motifs is 1. The van der Waals surface area contributed by atoms with Gasteiger partial charge < -0.3 is 10.4 Å². The van der Waals surface area contributed by atoms with Gasteiger partial charge in [-0.25, -0.2) is 0 Å². The number of nitrogens with one attached hydrogen (secondary N) is 1. The van der Waals surface area contributed by atoms with Crippen molar-refractivity contribution in [2.45, 2.75) is 18.4 Å². The van der Waals surface area contributed by atoms with E-state index in [0.29, 0.717) is 0 Å². The van der Waals surface area contributed by atoms with Crippen molar-refractivity contribution in [3.8, 4) is 0 Å². The summed E-state index contributed by atoms with van der Waals surface area (Å²) in [5.41, 5.74) is 2.70. The quantitative estimate of drug-likeness (QED) is 0.898. The fraction of sp³-hybridized carbons (Fsp3) is 0.235. The first kappa shape index (κ1) is 12.9. The van der Waals surface area contributed by atoms with E-state index in [9.17, 15) is 9.90 Å². The molecule has 0 saturated heterocycles. The fourth-order valence-electron chi connectivity index (χ4n) is 3.13. The molecule has 0 aromatic heterocycles. The minimum Gasteiger partial charge on any atom is -0.481 e. The van der Waals surface area contributed by atoms with Crippen molar-refractivity contribution in [3.05, 3.63) is 71.3 Å². The summed E-state index contributed by atoms with van der Waals surface area (Å²) >= 11 is 0. The number of hydrogen-bond acceptors (Lipinski definition) is 2. The predicted molar refractivity (Wildman–Crippen MR) is 77.6 cm³/mol.